The van der Waals surface area contributed by atoms with Crippen LogP contribution < -0.4 is 0 Å². The minimum atomic E-state index is -0.243. The number of rotatable bonds is 25. The van der Waals surface area contributed by atoms with Crippen LogP contribution in [0.5, 0.6) is 0 Å². The van der Waals surface area contributed by atoms with Gasteiger partial charge in [-0.2, -0.15) is 0 Å². The van der Waals surface area contributed by atoms with E-state index in [1.165, 1.54) is 135 Å². The number of allylic oxidation sites excluding steroid dienone is 2. The highest BCUT2D eigenvalue weighted by atomic mass is 16.5. The molecular formula is C30H56O2. The molecule has 0 aliphatic rings. The molecule has 0 bridgehead atoms. The van der Waals surface area contributed by atoms with Gasteiger partial charge in [0.2, 0.25) is 0 Å². The third-order valence-corrected chi connectivity index (χ3v) is 6.23. The van der Waals surface area contributed by atoms with Gasteiger partial charge < -0.3 is 4.74 Å². The van der Waals surface area contributed by atoms with Crippen LogP contribution in [0.25, 0.3) is 0 Å². The zero-order valence-electron chi connectivity index (χ0n) is 21.9. The van der Waals surface area contributed by atoms with Crippen molar-refractivity contribution in [3.63, 3.8) is 0 Å². The summed E-state index contributed by atoms with van der Waals surface area (Å²) >= 11 is 0. The molecule has 0 atom stereocenters. The van der Waals surface area contributed by atoms with E-state index in [0.717, 1.165) is 12.8 Å². The summed E-state index contributed by atoms with van der Waals surface area (Å²) in [6.45, 7) is 4.54. The van der Waals surface area contributed by atoms with Crippen LogP contribution in [0, 0.1) is 0 Å². The van der Waals surface area contributed by atoms with Crippen LogP contribution in [0.4, 0.5) is 0 Å². The summed E-state index contributed by atoms with van der Waals surface area (Å²) < 4.78 is 5.13. The predicted molar refractivity (Wildman–Crippen MR) is 142 cm³/mol. The number of esters is 1. The molecular weight excluding hydrogens is 392 g/mol. The van der Waals surface area contributed by atoms with Crippen LogP contribution in [0.2, 0.25) is 0 Å². The molecule has 0 N–H and O–H groups in total. The van der Waals surface area contributed by atoms with E-state index >= 15 is 0 Å². The smallest absolute Gasteiger partial charge is 0.335 e. The molecule has 0 rings (SSSR count). The summed E-state index contributed by atoms with van der Waals surface area (Å²) in [5.41, 5.74) is 0. The van der Waals surface area contributed by atoms with E-state index < -0.39 is 0 Å². The Kier molecular flexibility index (Phi) is 27.1. The molecule has 2 nitrogen and oxygen atoms in total. The SMILES string of the molecule is CCCCCCCCCCCCC=COC(=O)C=CCCCCCCCCCCCCC. The quantitative estimate of drug-likeness (QED) is 0.0600. The highest BCUT2D eigenvalue weighted by molar-refractivity contribution is 5.82. The molecule has 0 aromatic carbocycles. The molecule has 0 aromatic rings. The molecule has 0 unspecified atom stereocenters. The van der Waals surface area contributed by atoms with E-state index in [1.54, 1.807) is 12.3 Å². The summed E-state index contributed by atoms with van der Waals surface area (Å²) in [5.74, 6) is -0.243. The van der Waals surface area contributed by atoms with Crippen molar-refractivity contribution in [3.8, 4) is 0 Å². The van der Waals surface area contributed by atoms with E-state index in [0.29, 0.717) is 0 Å². The second-order valence-corrected chi connectivity index (χ2v) is 9.51. The number of hydrogen-bond donors (Lipinski definition) is 0. The first kappa shape index (κ1) is 30.9. The minimum absolute atomic E-state index is 0.243. The molecule has 32 heavy (non-hydrogen) atoms. The lowest BCUT2D eigenvalue weighted by molar-refractivity contribution is -0.132. The molecule has 0 saturated heterocycles. The van der Waals surface area contributed by atoms with Crippen molar-refractivity contribution in [2.24, 2.45) is 0 Å². The van der Waals surface area contributed by atoms with Gasteiger partial charge in [-0.1, -0.05) is 142 Å². The number of hydrogen-bond acceptors (Lipinski definition) is 2. The molecule has 0 aliphatic carbocycles. The molecule has 188 valence electrons. The summed E-state index contributed by atoms with van der Waals surface area (Å²) in [6.07, 6.45) is 37.5. The van der Waals surface area contributed by atoms with Gasteiger partial charge in [-0.05, 0) is 31.8 Å². The summed E-state index contributed by atoms with van der Waals surface area (Å²) in [6, 6.07) is 0. The van der Waals surface area contributed by atoms with Gasteiger partial charge in [0.15, 0.2) is 0 Å². The second kappa shape index (κ2) is 28.0. The first-order chi connectivity index (χ1) is 15.8. The summed E-state index contributed by atoms with van der Waals surface area (Å²) in [5, 5.41) is 0. The van der Waals surface area contributed by atoms with Crippen LogP contribution in [0.15, 0.2) is 24.5 Å². The standard InChI is InChI=1S/C30H56O2/c1-3-5-7-9-11-13-15-17-18-20-22-24-26-28-30(31)32-29-27-25-23-21-19-16-14-12-10-8-6-4-2/h26-29H,3-25H2,1-2H3. The average Bonchev–Trinajstić information content (AvgIpc) is 2.80. The van der Waals surface area contributed by atoms with Crippen molar-refractivity contribution in [2.45, 2.75) is 162 Å². The van der Waals surface area contributed by atoms with Crippen LogP contribution in [-0.4, -0.2) is 5.97 Å². The molecule has 0 spiro atoms. The molecule has 0 fully saturated rings. The molecule has 0 heterocycles. The van der Waals surface area contributed by atoms with Gasteiger partial charge in [0, 0.05) is 6.08 Å². The predicted octanol–water partition coefficient (Wildman–Crippen LogP) is 10.6. The maximum absolute atomic E-state index is 11.7. The van der Waals surface area contributed by atoms with Crippen LogP contribution in [-0.2, 0) is 9.53 Å². The molecule has 0 aromatic heterocycles. The van der Waals surface area contributed by atoms with Gasteiger partial charge in [0.25, 0.3) is 0 Å². The normalized spacial score (nSPS) is 11.7. The fourth-order valence-corrected chi connectivity index (χ4v) is 4.08. The summed E-state index contributed by atoms with van der Waals surface area (Å²) in [7, 11) is 0. The second-order valence-electron chi connectivity index (χ2n) is 9.51. The van der Waals surface area contributed by atoms with Crippen LogP contribution >= 0.6 is 0 Å². The Bertz CT molecular complexity index is 425. The van der Waals surface area contributed by atoms with Crippen molar-refractivity contribution in [1.29, 1.82) is 0 Å². The van der Waals surface area contributed by atoms with Crippen molar-refractivity contribution in [1.82, 2.24) is 0 Å². The fourth-order valence-electron chi connectivity index (χ4n) is 4.08. The molecule has 0 amide bonds. The van der Waals surface area contributed by atoms with E-state index in [9.17, 15) is 4.79 Å². The largest absolute Gasteiger partial charge is 0.432 e. The van der Waals surface area contributed by atoms with Gasteiger partial charge in [0.05, 0.1) is 6.26 Å². The third-order valence-electron chi connectivity index (χ3n) is 6.23. The maximum atomic E-state index is 11.7. The van der Waals surface area contributed by atoms with Crippen molar-refractivity contribution >= 4 is 5.97 Å². The van der Waals surface area contributed by atoms with E-state index in [2.05, 4.69) is 13.8 Å². The highest BCUT2D eigenvalue weighted by Crippen LogP contribution is 2.13. The van der Waals surface area contributed by atoms with Gasteiger partial charge in [0.1, 0.15) is 0 Å². The molecule has 2 heteroatoms. The Morgan fingerprint density at radius 1 is 0.500 bits per heavy atom. The zero-order chi connectivity index (χ0) is 23.4. The number of carbonyl (C=O) groups is 1. The Morgan fingerprint density at radius 2 is 0.844 bits per heavy atom. The molecule has 0 aliphatic heterocycles. The average molecular weight is 449 g/mol. The highest BCUT2D eigenvalue weighted by Gasteiger charge is 1.95. The van der Waals surface area contributed by atoms with Gasteiger partial charge in [-0.15, -0.1) is 0 Å². The van der Waals surface area contributed by atoms with Crippen LogP contribution in [0.3, 0.4) is 0 Å². The topological polar surface area (TPSA) is 26.3 Å². The van der Waals surface area contributed by atoms with E-state index in [-0.39, 0.29) is 5.97 Å². The lowest BCUT2D eigenvalue weighted by Gasteiger charge is -2.01. The number of unbranched alkanes of at least 4 members (excludes halogenated alkanes) is 21. The Morgan fingerprint density at radius 3 is 1.25 bits per heavy atom. The Labute approximate surface area is 201 Å². The number of carbonyl (C=O) groups excluding carboxylic acids is 1. The van der Waals surface area contributed by atoms with Crippen LogP contribution in [0.1, 0.15) is 162 Å². The Balaban J connectivity index is 3.31. The van der Waals surface area contributed by atoms with E-state index in [4.69, 9.17) is 4.74 Å². The van der Waals surface area contributed by atoms with E-state index in [1.807, 2.05) is 12.2 Å². The maximum Gasteiger partial charge on any atom is 0.335 e. The monoisotopic (exact) mass is 448 g/mol. The van der Waals surface area contributed by atoms with Gasteiger partial charge in [-0.3, -0.25) is 0 Å². The minimum Gasteiger partial charge on any atom is -0.432 e. The van der Waals surface area contributed by atoms with Crippen molar-refractivity contribution < 1.29 is 9.53 Å². The fraction of sp³-hybridized carbons (Fsp3) is 0.833. The Hall–Kier alpha value is -1.05. The molecule has 0 saturated carbocycles. The molecule has 0 radical (unpaired) electrons. The van der Waals surface area contributed by atoms with Gasteiger partial charge in [-0.25, -0.2) is 4.79 Å². The number of ether oxygens (including phenoxy) is 1. The van der Waals surface area contributed by atoms with Gasteiger partial charge >= 0.3 is 5.97 Å². The van der Waals surface area contributed by atoms with Crippen molar-refractivity contribution in [2.75, 3.05) is 0 Å². The lowest BCUT2D eigenvalue weighted by atomic mass is 10.1. The lowest BCUT2D eigenvalue weighted by Crippen LogP contribution is -1.93. The first-order valence-electron chi connectivity index (χ1n) is 14.3. The zero-order valence-corrected chi connectivity index (χ0v) is 21.9. The summed E-state index contributed by atoms with van der Waals surface area (Å²) in [4.78, 5) is 11.7. The first-order valence-corrected chi connectivity index (χ1v) is 14.3. The van der Waals surface area contributed by atoms with Crippen molar-refractivity contribution in [3.05, 3.63) is 24.5 Å². The third kappa shape index (κ3) is 27.0.